The lowest BCUT2D eigenvalue weighted by molar-refractivity contribution is 1.07. The zero-order chi connectivity index (χ0) is 45.6. The molecule has 0 radical (unpaired) electrons. The number of hydrogen-bond donors (Lipinski definition) is 0. The second-order valence-corrected chi connectivity index (χ2v) is 11.9. The van der Waals surface area contributed by atoms with Crippen LogP contribution in [0.25, 0.3) is 87.7 Å². The maximum Gasteiger partial charge on any atom is 0.164 e. The average Bonchev–Trinajstić information content (AvgIpc) is 3.72. The third kappa shape index (κ3) is 5.69. The summed E-state index contributed by atoms with van der Waals surface area (Å²) in [5.41, 5.74) is 0.655. The maximum absolute atomic E-state index is 9.48. The fourth-order valence-electron chi connectivity index (χ4n) is 5.34. The Morgan fingerprint density at radius 1 is 0.347 bits per heavy atom. The first-order valence-electron chi connectivity index (χ1n) is 22.6. The molecule has 0 atom stereocenters. The molecule has 0 aliphatic rings. The highest BCUT2D eigenvalue weighted by Gasteiger charge is 2.14. The highest BCUT2D eigenvalue weighted by molar-refractivity contribution is 7.25. The first kappa shape index (κ1) is 17.3. The molecule has 0 amide bonds. The summed E-state index contributed by atoms with van der Waals surface area (Å²) in [6.07, 6.45) is 0. The minimum absolute atomic E-state index is 0.0194. The van der Waals surface area contributed by atoms with Crippen molar-refractivity contribution in [3.8, 4) is 67.5 Å². The van der Waals surface area contributed by atoms with Crippen LogP contribution < -0.4 is 0 Å². The topological polar surface area (TPSA) is 38.7 Å². The van der Waals surface area contributed by atoms with E-state index in [-0.39, 0.29) is 43.2 Å². The number of benzene rings is 7. The summed E-state index contributed by atoms with van der Waals surface area (Å²) in [7, 11) is 0. The molecule has 0 saturated carbocycles. The Hall–Kier alpha value is -6.23. The molecule has 9 aromatic rings. The quantitative estimate of drug-likeness (QED) is 0.178. The van der Waals surface area contributed by atoms with Crippen molar-refractivity contribution in [3.05, 3.63) is 176 Å². The van der Waals surface area contributed by atoms with Gasteiger partial charge in [-0.1, -0.05) is 157 Å². The molecule has 7 aromatic carbocycles. The van der Waals surface area contributed by atoms with Gasteiger partial charge in [0.05, 0.1) is 20.6 Å². The monoisotopic (exact) mass is 658 g/mol. The first-order chi connectivity index (χ1) is 30.5. The van der Waals surface area contributed by atoms with Crippen molar-refractivity contribution < 1.29 is 20.6 Å². The SMILES string of the molecule is [2H]c1c([2H])c(-c2nc(-c3ccccc3)nc(-c3ccc(-c4ccccc4)cc3)n2)c([2H])c(-c2c([2H])c([2H])c(-c3c([2H])c([2H])c4c(sc5c([2H])c([2H])c([2H])c([2H])c54)c3[2H])c([2H])c2[2H])c1[2H]. The van der Waals surface area contributed by atoms with E-state index in [2.05, 4.69) is 9.97 Å². The lowest BCUT2D eigenvalue weighted by Crippen LogP contribution is -2.00. The van der Waals surface area contributed by atoms with Gasteiger partial charge in [0.1, 0.15) is 0 Å². The summed E-state index contributed by atoms with van der Waals surface area (Å²) >= 11 is 0.786. The van der Waals surface area contributed by atoms with Crippen molar-refractivity contribution in [3.63, 3.8) is 0 Å². The molecule has 9 rings (SSSR count). The Morgan fingerprint density at radius 2 is 0.837 bits per heavy atom. The van der Waals surface area contributed by atoms with Crippen molar-refractivity contribution in [2.75, 3.05) is 0 Å². The van der Waals surface area contributed by atoms with Gasteiger partial charge < -0.3 is 0 Å². The Balaban J connectivity index is 1.25. The molecule has 2 aromatic heterocycles. The van der Waals surface area contributed by atoms with E-state index in [0.29, 0.717) is 11.1 Å². The molecular formula is C45H29N3S. The van der Waals surface area contributed by atoms with Crippen LogP contribution in [-0.2, 0) is 0 Å². The largest absolute Gasteiger partial charge is 0.208 e. The molecular weight excluding hydrogens is 615 g/mol. The van der Waals surface area contributed by atoms with Crippen LogP contribution in [0, 0.1) is 0 Å². The summed E-state index contributed by atoms with van der Waals surface area (Å²) < 4.78 is 133. The molecule has 0 saturated heterocycles. The van der Waals surface area contributed by atoms with E-state index >= 15 is 0 Å². The zero-order valence-corrected chi connectivity index (χ0v) is 26.1. The molecule has 0 aliphatic heterocycles. The second-order valence-electron chi connectivity index (χ2n) is 10.9. The fraction of sp³-hybridized carbons (Fsp3) is 0. The van der Waals surface area contributed by atoms with E-state index in [9.17, 15) is 8.22 Å². The van der Waals surface area contributed by atoms with E-state index in [1.165, 1.54) is 0 Å². The van der Waals surface area contributed by atoms with Crippen molar-refractivity contribution in [2.45, 2.75) is 0 Å². The molecule has 0 fully saturated rings. The predicted octanol–water partition coefficient (Wildman–Crippen LogP) is 12.2. The van der Waals surface area contributed by atoms with Crippen molar-refractivity contribution in [1.82, 2.24) is 15.0 Å². The van der Waals surface area contributed by atoms with Gasteiger partial charge in [0.15, 0.2) is 17.5 Å². The van der Waals surface area contributed by atoms with E-state index < -0.39 is 113 Å². The first-order valence-corrected chi connectivity index (χ1v) is 16.0. The number of nitrogens with zero attached hydrogens (tertiary/aromatic N) is 3. The molecule has 3 nitrogen and oxygen atoms in total. The average molecular weight is 659 g/mol. The zero-order valence-electron chi connectivity index (χ0n) is 40.3. The summed E-state index contributed by atoms with van der Waals surface area (Å²) in [5, 5.41) is -0.130. The van der Waals surface area contributed by atoms with Gasteiger partial charge in [-0.05, 0) is 51.5 Å². The van der Waals surface area contributed by atoms with Gasteiger partial charge in [-0.3, -0.25) is 0 Å². The van der Waals surface area contributed by atoms with Gasteiger partial charge in [0.2, 0.25) is 0 Å². The normalized spacial score (nSPS) is 15.6. The molecule has 49 heavy (non-hydrogen) atoms. The molecule has 0 spiro atoms. The molecule has 0 bridgehead atoms. The number of hydrogen-bond acceptors (Lipinski definition) is 4. The van der Waals surface area contributed by atoms with Crippen LogP contribution in [0.15, 0.2) is 176 Å². The number of thiophene rings is 1. The van der Waals surface area contributed by atoms with Gasteiger partial charge in [-0.25, -0.2) is 15.0 Å². The number of fused-ring (bicyclic) bond motifs is 3. The Labute approximate surface area is 310 Å². The van der Waals surface area contributed by atoms with Crippen LogP contribution >= 0.6 is 11.3 Å². The molecule has 0 unspecified atom stereocenters. The number of aromatic nitrogens is 3. The molecule has 230 valence electrons. The van der Waals surface area contributed by atoms with E-state index in [0.717, 1.165) is 22.5 Å². The van der Waals surface area contributed by atoms with Crippen LogP contribution in [0.3, 0.4) is 0 Å². The lowest BCUT2D eigenvalue weighted by atomic mass is 9.98. The highest BCUT2D eigenvalue weighted by atomic mass is 32.1. The summed E-state index contributed by atoms with van der Waals surface area (Å²) in [6, 6.07) is 16.6. The molecule has 4 heteroatoms. The molecule has 0 N–H and O–H groups in total. The van der Waals surface area contributed by atoms with Crippen LogP contribution in [0.5, 0.6) is 0 Å². The lowest BCUT2D eigenvalue weighted by Gasteiger charge is -2.10. The van der Waals surface area contributed by atoms with Crippen molar-refractivity contribution in [2.24, 2.45) is 0 Å². The van der Waals surface area contributed by atoms with Gasteiger partial charge in [0.25, 0.3) is 0 Å². The minimum atomic E-state index is -0.790. The fourth-order valence-corrected chi connectivity index (χ4v) is 6.31. The Kier molecular flexibility index (Phi) is 4.37. The van der Waals surface area contributed by atoms with Gasteiger partial charge in [-0.2, -0.15) is 0 Å². The van der Waals surface area contributed by atoms with Crippen molar-refractivity contribution in [1.29, 1.82) is 0 Å². The van der Waals surface area contributed by atoms with Crippen LogP contribution in [0.2, 0.25) is 0 Å². The van der Waals surface area contributed by atoms with E-state index in [4.69, 9.17) is 17.3 Å². The van der Waals surface area contributed by atoms with Gasteiger partial charge in [0, 0.05) is 36.9 Å². The maximum atomic E-state index is 9.48. The van der Waals surface area contributed by atoms with Gasteiger partial charge in [-0.15, -0.1) is 11.3 Å². The summed E-state index contributed by atoms with van der Waals surface area (Å²) in [4.78, 5) is 14.0. The summed E-state index contributed by atoms with van der Waals surface area (Å²) in [5.74, 6) is 0.119. The van der Waals surface area contributed by atoms with Crippen molar-refractivity contribution >= 4 is 31.5 Å². The minimum Gasteiger partial charge on any atom is -0.208 e. The van der Waals surface area contributed by atoms with Gasteiger partial charge >= 0.3 is 0 Å². The second kappa shape index (κ2) is 12.4. The van der Waals surface area contributed by atoms with Crippen LogP contribution in [-0.4, -0.2) is 15.0 Å². The predicted molar refractivity (Wildman–Crippen MR) is 205 cm³/mol. The number of rotatable bonds is 6. The molecule has 0 aliphatic carbocycles. The Morgan fingerprint density at radius 3 is 1.53 bits per heavy atom. The molecule has 2 heterocycles. The summed E-state index contributed by atoms with van der Waals surface area (Å²) in [6.45, 7) is 0. The Bertz CT molecular complexity index is 3410. The van der Waals surface area contributed by atoms with E-state index in [1.807, 2.05) is 60.7 Å². The van der Waals surface area contributed by atoms with Crippen LogP contribution in [0.4, 0.5) is 0 Å². The smallest absolute Gasteiger partial charge is 0.164 e. The van der Waals surface area contributed by atoms with E-state index in [1.54, 1.807) is 24.3 Å². The third-order valence-electron chi connectivity index (χ3n) is 7.78. The highest BCUT2D eigenvalue weighted by Crippen LogP contribution is 2.37. The third-order valence-corrected chi connectivity index (χ3v) is 8.80. The van der Waals surface area contributed by atoms with Crippen LogP contribution in [0.1, 0.15) is 20.6 Å². The standard InChI is InChI=1S/C45H29N3S/c1-3-10-30(11-4-1)31-22-24-35(25-23-31)44-46-43(34-12-5-2-6-13-34)47-45(48-44)38-15-9-14-36(28-38)32-18-20-33(21-19-32)37-26-27-40-39-16-7-8-17-41(39)49-42(40)29-37/h1-29H/i7D,8D,9D,14D,15D,16D,17D,18D,19D,20D,21D,26D,27D,28D,29D.